The maximum Gasteiger partial charge on any atom is 0.245 e. The maximum atomic E-state index is 13.2. The summed E-state index contributed by atoms with van der Waals surface area (Å²) in [6.45, 7) is 3.09. The molecule has 2 aromatic rings. The molecular weight excluding hydrogens is 442 g/mol. The van der Waals surface area contributed by atoms with E-state index < -0.39 is 15.9 Å². The molecule has 2 heterocycles. The molecule has 2 saturated heterocycles. The van der Waals surface area contributed by atoms with E-state index in [0.29, 0.717) is 24.5 Å². The summed E-state index contributed by atoms with van der Waals surface area (Å²) in [6.07, 6.45) is 2.72. The van der Waals surface area contributed by atoms with Crippen molar-refractivity contribution in [3.63, 3.8) is 0 Å². The number of hydrogen-bond acceptors (Lipinski definition) is 5. The van der Waals surface area contributed by atoms with Gasteiger partial charge in [-0.2, -0.15) is 4.31 Å². The number of rotatable bonds is 6. The number of amides is 2. The molecule has 0 spiro atoms. The Morgan fingerprint density at radius 2 is 1.82 bits per heavy atom. The summed E-state index contributed by atoms with van der Waals surface area (Å²) in [6, 6.07) is 12.0. The Morgan fingerprint density at radius 1 is 1.09 bits per heavy atom. The van der Waals surface area contributed by atoms with Gasteiger partial charge in [0.1, 0.15) is 10.6 Å². The van der Waals surface area contributed by atoms with Gasteiger partial charge in [0.15, 0.2) is 0 Å². The number of nitrogens with zero attached hydrogens (tertiary/aromatic N) is 2. The van der Waals surface area contributed by atoms with E-state index in [1.165, 1.54) is 10.4 Å². The standard InChI is InChI=1S/C24H29N3O5S/c1-17-10-11-21(32-2)20(14-17)27-16-18(15-23(27)28)24(29)25-19-8-4-5-9-22(19)33(30,31)26-12-6-3-7-13-26/h4-5,8-11,14,18H,3,6-7,12-13,15-16H2,1-2H3,(H,25,29). The molecule has 0 saturated carbocycles. The first kappa shape index (κ1) is 23.3. The molecule has 33 heavy (non-hydrogen) atoms. The summed E-state index contributed by atoms with van der Waals surface area (Å²) >= 11 is 0. The predicted molar refractivity (Wildman–Crippen MR) is 126 cm³/mol. The zero-order chi connectivity index (χ0) is 23.6. The number of ether oxygens (including phenoxy) is 1. The molecule has 9 heteroatoms. The number of piperidine rings is 1. The highest BCUT2D eigenvalue weighted by Crippen LogP contribution is 2.35. The van der Waals surface area contributed by atoms with Crippen molar-refractivity contribution >= 4 is 33.2 Å². The van der Waals surface area contributed by atoms with Crippen LogP contribution in [0.4, 0.5) is 11.4 Å². The van der Waals surface area contributed by atoms with Gasteiger partial charge in [-0.25, -0.2) is 8.42 Å². The molecule has 1 unspecified atom stereocenters. The van der Waals surface area contributed by atoms with E-state index in [9.17, 15) is 18.0 Å². The first-order valence-electron chi connectivity index (χ1n) is 11.2. The van der Waals surface area contributed by atoms with Crippen LogP contribution in [0.3, 0.4) is 0 Å². The molecule has 2 fully saturated rings. The lowest BCUT2D eigenvalue weighted by molar-refractivity contribution is -0.122. The molecule has 1 N–H and O–H groups in total. The molecule has 2 aliphatic heterocycles. The number of sulfonamides is 1. The summed E-state index contributed by atoms with van der Waals surface area (Å²) in [7, 11) is -2.18. The Labute approximate surface area is 194 Å². The summed E-state index contributed by atoms with van der Waals surface area (Å²) in [4.78, 5) is 27.5. The van der Waals surface area contributed by atoms with Gasteiger partial charge in [0.25, 0.3) is 0 Å². The smallest absolute Gasteiger partial charge is 0.245 e. The van der Waals surface area contributed by atoms with Gasteiger partial charge in [-0.15, -0.1) is 0 Å². The molecule has 0 aliphatic carbocycles. The van der Waals surface area contributed by atoms with Crippen LogP contribution >= 0.6 is 0 Å². The highest BCUT2D eigenvalue weighted by molar-refractivity contribution is 7.89. The molecule has 0 radical (unpaired) electrons. The second kappa shape index (κ2) is 9.52. The van der Waals surface area contributed by atoms with E-state index in [2.05, 4.69) is 5.32 Å². The fraction of sp³-hybridized carbons (Fsp3) is 0.417. The van der Waals surface area contributed by atoms with E-state index >= 15 is 0 Å². The van der Waals surface area contributed by atoms with Crippen molar-refractivity contribution in [2.75, 3.05) is 37.0 Å². The monoisotopic (exact) mass is 471 g/mol. The second-order valence-corrected chi connectivity index (χ2v) is 10.4. The zero-order valence-corrected chi connectivity index (χ0v) is 19.7. The summed E-state index contributed by atoms with van der Waals surface area (Å²) in [5, 5.41) is 2.78. The third-order valence-corrected chi connectivity index (χ3v) is 8.16. The molecule has 2 aromatic carbocycles. The minimum absolute atomic E-state index is 0.0456. The number of aryl methyl sites for hydroxylation is 1. The van der Waals surface area contributed by atoms with Crippen LogP contribution in [0.2, 0.25) is 0 Å². The molecule has 176 valence electrons. The number of carbonyl (C=O) groups excluding carboxylic acids is 2. The molecular formula is C24H29N3O5S. The lowest BCUT2D eigenvalue weighted by Crippen LogP contribution is -2.36. The van der Waals surface area contributed by atoms with E-state index in [-0.39, 0.29) is 35.4 Å². The molecule has 8 nitrogen and oxygen atoms in total. The van der Waals surface area contributed by atoms with Crippen LogP contribution in [-0.4, -0.2) is 51.3 Å². The Bertz CT molecular complexity index is 1160. The molecule has 2 aliphatic rings. The average molecular weight is 472 g/mol. The zero-order valence-electron chi connectivity index (χ0n) is 18.9. The Kier molecular flexibility index (Phi) is 6.71. The van der Waals surface area contributed by atoms with Crippen LogP contribution in [-0.2, 0) is 19.6 Å². The van der Waals surface area contributed by atoms with Gasteiger partial charge in [0.05, 0.1) is 24.4 Å². The summed E-state index contributed by atoms with van der Waals surface area (Å²) < 4.78 is 33.3. The highest BCUT2D eigenvalue weighted by atomic mass is 32.2. The highest BCUT2D eigenvalue weighted by Gasteiger charge is 2.37. The number of carbonyl (C=O) groups is 2. The van der Waals surface area contributed by atoms with Crippen LogP contribution in [0.1, 0.15) is 31.2 Å². The third kappa shape index (κ3) is 4.74. The summed E-state index contributed by atoms with van der Waals surface area (Å²) in [5.41, 5.74) is 1.85. The van der Waals surface area contributed by atoms with Gasteiger partial charge in [0, 0.05) is 26.1 Å². The second-order valence-electron chi connectivity index (χ2n) is 8.53. The van der Waals surface area contributed by atoms with Gasteiger partial charge in [0.2, 0.25) is 21.8 Å². The molecule has 0 aromatic heterocycles. The number of anilines is 2. The molecule has 4 rings (SSSR count). The van der Waals surface area contributed by atoms with Crippen molar-refractivity contribution < 1.29 is 22.7 Å². The number of hydrogen-bond donors (Lipinski definition) is 1. The number of benzene rings is 2. The number of methoxy groups -OCH3 is 1. The van der Waals surface area contributed by atoms with Crippen molar-refractivity contribution in [3.05, 3.63) is 48.0 Å². The molecule has 2 amide bonds. The van der Waals surface area contributed by atoms with E-state index in [1.54, 1.807) is 36.3 Å². The van der Waals surface area contributed by atoms with Gasteiger partial charge >= 0.3 is 0 Å². The van der Waals surface area contributed by atoms with Crippen molar-refractivity contribution in [2.24, 2.45) is 5.92 Å². The van der Waals surface area contributed by atoms with Crippen molar-refractivity contribution in [2.45, 2.75) is 37.5 Å². The van der Waals surface area contributed by atoms with Crippen LogP contribution in [0.5, 0.6) is 5.75 Å². The number of para-hydroxylation sites is 1. The van der Waals surface area contributed by atoms with Gasteiger partial charge in [-0.3, -0.25) is 9.59 Å². The Hall–Kier alpha value is -2.91. The van der Waals surface area contributed by atoms with E-state index in [1.807, 2.05) is 19.1 Å². The maximum absolute atomic E-state index is 13.2. The minimum Gasteiger partial charge on any atom is -0.495 e. The minimum atomic E-state index is -3.72. The van der Waals surface area contributed by atoms with E-state index in [4.69, 9.17) is 4.74 Å². The topological polar surface area (TPSA) is 96.0 Å². The van der Waals surface area contributed by atoms with Crippen LogP contribution in [0, 0.1) is 12.8 Å². The first-order valence-corrected chi connectivity index (χ1v) is 12.6. The van der Waals surface area contributed by atoms with Crippen LogP contribution in [0.15, 0.2) is 47.4 Å². The quantitative estimate of drug-likeness (QED) is 0.698. The van der Waals surface area contributed by atoms with Gasteiger partial charge in [-0.05, 0) is 49.6 Å². The lowest BCUT2D eigenvalue weighted by Gasteiger charge is -2.27. The van der Waals surface area contributed by atoms with Crippen LogP contribution in [0.25, 0.3) is 0 Å². The average Bonchev–Trinajstić information content (AvgIpc) is 3.21. The molecule has 0 bridgehead atoms. The Balaban J connectivity index is 1.53. The summed E-state index contributed by atoms with van der Waals surface area (Å²) in [5.74, 6) is -0.589. The third-order valence-electron chi connectivity index (χ3n) is 6.20. The fourth-order valence-electron chi connectivity index (χ4n) is 4.40. The van der Waals surface area contributed by atoms with Crippen molar-refractivity contribution in [1.82, 2.24) is 4.31 Å². The fourth-order valence-corrected chi connectivity index (χ4v) is 6.07. The largest absolute Gasteiger partial charge is 0.495 e. The number of nitrogens with one attached hydrogen (secondary N) is 1. The van der Waals surface area contributed by atoms with Crippen LogP contribution < -0.4 is 15.0 Å². The van der Waals surface area contributed by atoms with Gasteiger partial charge in [-0.1, -0.05) is 24.6 Å². The van der Waals surface area contributed by atoms with Gasteiger partial charge < -0.3 is 15.0 Å². The van der Waals surface area contributed by atoms with E-state index in [0.717, 1.165) is 24.8 Å². The lowest BCUT2D eigenvalue weighted by atomic mass is 10.1. The van der Waals surface area contributed by atoms with Crippen molar-refractivity contribution in [3.8, 4) is 5.75 Å². The predicted octanol–water partition coefficient (Wildman–Crippen LogP) is 3.17. The molecule has 1 atom stereocenters. The first-order chi connectivity index (χ1) is 15.8. The normalized spacial score (nSPS) is 19.5. The Morgan fingerprint density at radius 3 is 2.55 bits per heavy atom. The van der Waals surface area contributed by atoms with Crippen molar-refractivity contribution in [1.29, 1.82) is 0 Å². The SMILES string of the molecule is COc1ccc(C)cc1N1CC(C(=O)Nc2ccccc2S(=O)(=O)N2CCCCC2)CC1=O.